The summed E-state index contributed by atoms with van der Waals surface area (Å²) < 4.78 is 32.6. The molecular formula is C28H35F2N5O4S. The molecule has 40 heavy (non-hydrogen) atoms. The van der Waals surface area contributed by atoms with E-state index in [0.29, 0.717) is 12.0 Å². The standard InChI is InChI=1S/C28H35F2N5O4S/c1-4-16(2)22(27(38)35-13-19(25(29)30)24-23(35)21(36)14-39-24)32-26(37)18-7-5-17(6-8-18)20-15-40-28(31-20)34-11-9-33(3)10-12-34/h5-8,15-16,19,22-25H,4,9-14H2,1-3H3,(H,32,37)/t16-,19-,22-,23+,24+/m0/s1. The molecule has 1 N–H and O–H groups in total. The van der Waals surface area contributed by atoms with Crippen molar-refractivity contribution in [1.82, 2.24) is 20.1 Å². The summed E-state index contributed by atoms with van der Waals surface area (Å²) in [6.45, 7) is 6.99. The number of hydrogen-bond acceptors (Lipinski definition) is 8. The summed E-state index contributed by atoms with van der Waals surface area (Å²) in [4.78, 5) is 49.8. The van der Waals surface area contributed by atoms with E-state index in [1.807, 2.05) is 31.4 Å². The number of aromatic nitrogens is 1. The Morgan fingerprint density at radius 2 is 1.88 bits per heavy atom. The first-order chi connectivity index (χ1) is 19.2. The maximum atomic E-state index is 13.7. The molecule has 3 aliphatic heterocycles. The van der Waals surface area contributed by atoms with Gasteiger partial charge in [0.2, 0.25) is 12.3 Å². The van der Waals surface area contributed by atoms with Crippen LogP contribution in [0, 0.1) is 11.8 Å². The Morgan fingerprint density at radius 3 is 2.52 bits per heavy atom. The molecule has 216 valence electrons. The summed E-state index contributed by atoms with van der Waals surface area (Å²) in [6, 6.07) is 5.01. The molecule has 1 aromatic carbocycles. The van der Waals surface area contributed by atoms with Crippen LogP contribution >= 0.6 is 11.3 Å². The van der Waals surface area contributed by atoms with Gasteiger partial charge in [0.15, 0.2) is 10.9 Å². The van der Waals surface area contributed by atoms with Crippen molar-refractivity contribution >= 4 is 34.1 Å². The van der Waals surface area contributed by atoms with Gasteiger partial charge in [-0.05, 0) is 25.1 Å². The smallest absolute Gasteiger partial charge is 0.251 e. The Kier molecular flexibility index (Phi) is 8.48. The molecule has 0 bridgehead atoms. The fourth-order valence-electron chi connectivity index (χ4n) is 5.56. The lowest BCUT2D eigenvalue weighted by atomic mass is 9.96. The van der Waals surface area contributed by atoms with Crippen molar-refractivity contribution in [2.45, 2.75) is 44.9 Å². The number of likely N-dealkylation sites (tertiary alicyclic amines) is 1. The van der Waals surface area contributed by atoms with Gasteiger partial charge in [-0.15, -0.1) is 11.3 Å². The van der Waals surface area contributed by atoms with E-state index in [-0.39, 0.29) is 24.9 Å². The number of nitrogens with zero attached hydrogens (tertiary/aromatic N) is 4. The van der Waals surface area contributed by atoms with Gasteiger partial charge >= 0.3 is 0 Å². The van der Waals surface area contributed by atoms with Gasteiger partial charge in [-0.1, -0.05) is 32.4 Å². The van der Waals surface area contributed by atoms with Gasteiger partial charge < -0.3 is 24.8 Å². The first-order valence-corrected chi connectivity index (χ1v) is 14.6. The lowest BCUT2D eigenvalue weighted by molar-refractivity contribution is -0.139. The van der Waals surface area contributed by atoms with Crippen LogP contribution in [-0.2, 0) is 14.3 Å². The second kappa shape index (κ2) is 11.9. The molecule has 0 spiro atoms. The molecule has 0 aliphatic carbocycles. The molecule has 3 aliphatic rings. The van der Waals surface area contributed by atoms with Crippen molar-refractivity contribution in [2.75, 3.05) is 51.3 Å². The predicted octanol–water partition coefficient (Wildman–Crippen LogP) is 2.77. The fraction of sp³-hybridized carbons (Fsp3) is 0.571. The number of nitrogens with one attached hydrogen (secondary N) is 1. The third-order valence-corrected chi connectivity index (χ3v) is 9.21. The highest BCUT2D eigenvalue weighted by Crippen LogP contribution is 2.36. The van der Waals surface area contributed by atoms with Crippen molar-refractivity contribution in [3.05, 3.63) is 35.2 Å². The number of benzene rings is 1. The number of halogens is 2. The minimum Gasteiger partial charge on any atom is -0.367 e. The maximum absolute atomic E-state index is 13.7. The van der Waals surface area contributed by atoms with Gasteiger partial charge in [0.1, 0.15) is 18.7 Å². The summed E-state index contributed by atoms with van der Waals surface area (Å²) in [5, 5.41) is 5.80. The Hall–Kier alpha value is -2.96. The van der Waals surface area contributed by atoms with Crippen molar-refractivity contribution in [1.29, 1.82) is 0 Å². The second-order valence-electron chi connectivity index (χ2n) is 10.9. The molecule has 12 heteroatoms. The highest BCUT2D eigenvalue weighted by molar-refractivity contribution is 7.14. The monoisotopic (exact) mass is 575 g/mol. The topological polar surface area (TPSA) is 95.1 Å². The number of fused-ring (bicyclic) bond motifs is 1. The molecular weight excluding hydrogens is 540 g/mol. The molecule has 3 saturated heterocycles. The summed E-state index contributed by atoms with van der Waals surface area (Å²) in [5.74, 6) is -2.87. The number of ketones is 1. The zero-order valence-corrected chi connectivity index (χ0v) is 23.7. The van der Waals surface area contributed by atoms with E-state index in [1.54, 1.807) is 23.5 Å². The van der Waals surface area contributed by atoms with Crippen molar-refractivity contribution < 1.29 is 27.9 Å². The van der Waals surface area contributed by atoms with Crippen LogP contribution in [0.5, 0.6) is 0 Å². The van der Waals surface area contributed by atoms with Crippen LogP contribution in [0.15, 0.2) is 29.6 Å². The van der Waals surface area contributed by atoms with E-state index in [9.17, 15) is 23.2 Å². The first-order valence-electron chi connectivity index (χ1n) is 13.7. The lowest BCUT2D eigenvalue weighted by Crippen LogP contribution is -2.54. The van der Waals surface area contributed by atoms with E-state index < -0.39 is 42.3 Å². The number of hydrogen-bond donors (Lipinski definition) is 1. The Bertz CT molecular complexity index is 1230. The van der Waals surface area contributed by atoms with Gasteiger partial charge in [-0.2, -0.15) is 0 Å². The predicted molar refractivity (Wildman–Crippen MR) is 148 cm³/mol. The fourth-order valence-corrected chi connectivity index (χ4v) is 6.45. The van der Waals surface area contributed by atoms with E-state index >= 15 is 0 Å². The average molecular weight is 576 g/mol. The van der Waals surface area contributed by atoms with E-state index in [0.717, 1.165) is 42.6 Å². The van der Waals surface area contributed by atoms with Gasteiger partial charge in [0.05, 0.1) is 17.7 Å². The van der Waals surface area contributed by atoms with E-state index in [2.05, 4.69) is 22.2 Å². The summed E-state index contributed by atoms with van der Waals surface area (Å²) in [6.07, 6.45) is -3.17. The molecule has 5 atom stereocenters. The van der Waals surface area contributed by atoms with Crippen LogP contribution in [0.25, 0.3) is 11.3 Å². The summed E-state index contributed by atoms with van der Waals surface area (Å²) >= 11 is 1.60. The number of piperazine rings is 1. The molecule has 1 aromatic heterocycles. The van der Waals surface area contributed by atoms with Crippen molar-refractivity contribution in [2.24, 2.45) is 11.8 Å². The summed E-state index contributed by atoms with van der Waals surface area (Å²) in [7, 11) is 2.11. The molecule has 0 radical (unpaired) electrons. The molecule has 0 saturated carbocycles. The molecule has 3 fully saturated rings. The number of alkyl halides is 2. The Labute approximate surface area is 236 Å². The van der Waals surface area contributed by atoms with Crippen LogP contribution in [0.2, 0.25) is 0 Å². The number of carbonyl (C=O) groups excluding carboxylic acids is 3. The maximum Gasteiger partial charge on any atom is 0.251 e. The van der Waals surface area contributed by atoms with Crippen molar-refractivity contribution in [3.8, 4) is 11.3 Å². The van der Waals surface area contributed by atoms with Crippen LogP contribution in [0.4, 0.5) is 13.9 Å². The Morgan fingerprint density at radius 1 is 1.18 bits per heavy atom. The Balaban J connectivity index is 1.28. The molecule has 9 nitrogen and oxygen atoms in total. The molecule has 2 aromatic rings. The molecule has 0 unspecified atom stereocenters. The third-order valence-electron chi connectivity index (χ3n) is 8.31. The van der Waals surface area contributed by atoms with E-state index in [1.165, 1.54) is 4.90 Å². The normalized spacial score (nSPS) is 24.9. The quantitative estimate of drug-likeness (QED) is 0.517. The second-order valence-corrected chi connectivity index (χ2v) is 11.7. The molecule has 2 amide bonds. The number of carbonyl (C=O) groups is 3. The van der Waals surface area contributed by atoms with Crippen LogP contribution in [0.3, 0.4) is 0 Å². The highest BCUT2D eigenvalue weighted by atomic mass is 32.1. The highest BCUT2D eigenvalue weighted by Gasteiger charge is 2.56. The van der Waals surface area contributed by atoms with Gasteiger partial charge in [0.25, 0.3) is 5.91 Å². The number of Topliss-reactive ketones (excluding diaryl/α,β-unsaturated/α-hetero) is 1. The van der Waals surface area contributed by atoms with Gasteiger partial charge in [-0.3, -0.25) is 14.4 Å². The number of anilines is 1. The third kappa shape index (κ3) is 5.61. The number of thiazole rings is 1. The number of amides is 2. The van der Waals surface area contributed by atoms with E-state index in [4.69, 9.17) is 9.72 Å². The van der Waals surface area contributed by atoms with Crippen LogP contribution < -0.4 is 10.2 Å². The largest absolute Gasteiger partial charge is 0.367 e. The minimum atomic E-state index is -2.72. The molecule has 5 rings (SSSR count). The van der Waals surface area contributed by atoms with Gasteiger partial charge in [0, 0.05) is 49.2 Å². The van der Waals surface area contributed by atoms with Crippen molar-refractivity contribution in [3.63, 3.8) is 0 Å². The van der Waals surface area contributed by atoms with Crippen LogP contribution in [-0.4, -0.2) is 103 Å². The molecule has 4 heterocycles. The number of rotatable bonds is 8. The zero-order chi connectivity index (χ0) is 28.6. The minimum absolute atomic E-state index is 0.278. The first kappa shape index (κ1) is 28.6. The van der Waals surface area contributed by atoms with Crippen LogP contribution in [0.1, 0.15) is 30.6 Å². The average Bonchev–Trinajstić information content (AvgIpc) is 3.69. The zero-order valence-electron chi connectivity index (χ0n) is 22.9. The summed E-state index contributed by atoms with van der Waals surface area (Å²) in [5.41, 5.74) is 2.08. The lowest BCUT2D eigenvalue weighted by Gasteiger charge is -2.32. The number of likely N-dealkylation sites (N-methyl/N-ethyl adjacent to an activating group) is 1. The van der Waals surface area contributed by atoms with Gasteiger partial charge in [-0.25, -0.2) is 13.8 Å². The SMILES string of the molecule is CC[C@H](C)[C@H](NC(=O)c1ccc(-c2csc(N3CCN(C)CC3)n2)cc1)C(=O)N1C[C@H](C(F)F)[C@H]2OCC(=O)[C@H]21. The number of ether oxygens (including phenoxy) is 1.